The van der Waals surface area contributed by atoms with E-state index in [0.29, 0.717) is 19.0 Å². The standard InChI is InChI=1S/C25H26N4O/c30-25-28(17-19-7-2-1-3-8-19)24(21-13-15-26-16-14-21)27-29(25)18-22-11-6-10-20-9-4-5-12-23(20)22/h1-12,21,26H,13-18H2. The summed E-state index contributed by atoms with van der Waals surface area (Å²) in [5, 5.41) is 10.6. The number of rotatable bonds is 5. The van der Waals surface area contributed by atoms with Gasteiger partial charge in [0.2, 0.25) is 0 Å². The molecule has 2 heterocycles. The van der Waals surface area contributed by atoms with Crippen molar-refractivity contribution < 1.29 is 0 Å². The molecule has 1 saturated heterocycles. The zero-order valence-corrected chi connectivity index (χ0v) is 17.0. The van der Waals surface area contributed by atoms with Crippen molar-refractivity contribution in [2.75, 3.05) is 13.1 Å². The van der Waals surface area contributed by atoms with Crippen molar-refractivity contribution in [1.29, 1.82) is 0 Å². The molecule has 1 aliphatic heterocycles. The van der Waals surface area contributed by atoms with E-state index in [2.05, 4.69) is 47.8 Å². The van der Waals surface area contributed by atoms with E-state index in [1.807, 2.05) is 34.9 Å². The van der Waals surface area contributed by atoms with E-state index in [-0.39, 0.29) is 5.69 Å². The normalized spacial score (nSPS) is 14.9. The Morgan fingerprint density at radius 2 is 1.60 bits per heavy atom. The predicted molar refractivity (Wildman–Crippen MR) is 120 cm³/mol. The molecule has 1 fully saturated rings. The van der Waals surface area contributed by atoms with Gasteiger partial charge in [0.1, 0.15) is 5.82 Å². The SMILES string of the molecule is O=c1n(Cc2cccc3ccccc23)nc(C2CCNCC2)n1Cc1ccccc1. The fourth-order valence-electron chi connectivity index (χ4n) is 4.45. The molecule has 1 aromatic heterocycles. The molecule has 5 heteroatoms. The van der Waals surface area contributed by atoms with Crippen molar-refractivity contribution in [3.63, 3.8) is 0 Å². The summed E-state index contributed by atoms with van der Waals surface area (Å²) in [6, 6.07) is 24.7. The summed E-state index contributed by atoms with van der Waals surface area (Å²) in [5.41, 5.74) is 2.22. The molecule has 0 atom stereocenters. The minimum atomic E-state index is -0.0275. The summed E-state index contributed by atoms with van der Waals surface area (Å²) in [4.78, 5) is 13.4. The number of nitrogens with zero attached hydrogens (tertiary/aromatic N) is 3. The summed E-state index contributed by atoms with van der Waals surface area (Å²) in [7, 11) is 0. The number of fused-ring (bicyclic) bond motifs is 1. The Morgan fingerprint density at radius 3 is 2.43 bits per heavy atom. The van der Waals surface area contributed by atoms with E-state index in [9.17, 15) is 4.79 Å². The number of benzene rings is 3. The Hall–Kier alpha value is -3.18. The largest absolute Gasteiger partial charge is 0.346 e. The first kappa shape index (κ1) is 18.8. The quantitative estimate of drug-likeness (QED) is 0.557. The average Bonchev–Trinajstić information content (AvgIpc) is 3.10. The lowest BCUT2D eigenvalue weighted by Crippen LogP contribution is -2.30. The maximum atomic E-state index is 13.4. The highest BCUT2D eigenvalue weighted by molar-refractivity contribution is 5.85. The van der Waals surface area contributed by atoms with Crippen LogP contribution in [0.1, 0.15) is 35.7 Å². The van der Waals surface area contributed by atoms with Gasteiger partial charge in [0.15, 0.2) is 0 Å². The molecular formula is C25H26N4O. The van der Waals surface area contributed by atoms with Gasteiger partial charge < -0.3 is 5.32 Å². The summed E-state index contributed by atoms with van der Waals surface area (Å²) < 4.78 is 3.54. The molecular weight excluding hydrogens is 372 g/mol. The van der Waals surface area contributed by atoms with E-state index in [0.717, 1.165) is 42.9 Å². The first-order valence-electron chi connectivity index (χ1n) is 10.7. The second kappa shape index (κ2) is 8.28. The lowest BCUT2D eigenvalue weighted by Gasteiger charge is -2.22. The molecule has 0 saturated carbocycles. The van der Waals surface area contributed by atoms with E-state index >= 15 is 0 Å². The van der Waals surface area contributed by atoms with Gasteiger partial charge >= 0.3 is 5.69 Å². The Kier molecular flexibility index (Phi) is 5.20. The van der Waals surface area contributed by atoms with Crippen LogP contribution < -0.4 is 11.0 Å². The van der Waals surface area contributed by atoms with Crippen molar-refractivity contribution in [3.05, 3.63) is 100 Å². The first-order chi connectivity index (χ1) is 14.8. The molecule has 5 rings (SSSR count). The van der Waals surface area contributed by atoms with Crippen LogP contribution in [0.25, 0.3) is 10.8 Å². The minimum absolute atomic E-state index is 0.0275. The smallest absolute Gasteiger partial charge is 0.317 e. The summed E-state index contributed by atoms with van der Waals surface area (Å²) >= 11 is 0. The maximum Gasteiger partial charge on any atom is 0.346 e. The molecule has 5 nitrogen and oxygen atoms in total. The van der Waals surface area contributed by atoms with E-state index in [1.54, 1.807) is 4.68 Å². The van der Waals surface area contributed by atoms with Crippen molar-refractivity contribution in [1.82, 2.24) is 19.7 Å². The first-order valence-corrected chi connectivity index (χ1v) is 10.7. The van der Waals surface area contributed by atoms with Crippen LogP contribution in [-0.2, 0) is 13.1 Å². The summed E-state index contributed by atoms with van der Waals surface area (Å²) in [6.07, 6.45) is 2.03. The van der Waals surface area contributed by atoms with Crippen LogP contribution in [0.4, 0.5) is 0 Å². The molecule has 0 unspecified atom stereocenters. The molecule has 0 aliphatic carbocycles. The van der Waals surface area contributed by atoms with Crippen LogP contribution in [0.3, 0.4) is 0 Å². The third kappa shape index (κ3) is 3.68. The second-order valence-electron chi connectivity index (χ2n) is 8.03. The lowest BCUT2D eigenvalue weighted by molar-refractivity contribution is 0.431. The van der Waals surface area contributed by atoms with Gasteiger partial charge in [-0.15, -0.1) is 0 Å². The number of nitrogens with one attached hydrogen (secondary N) is 1. The van der Waals surface area contributed by atoms with Crippen LogP contribution >= 0.6 is 0 Å². The van der Waals surface area contributed by atoms with Crippen molar-refractivity contribution in [2.45, 2.75) is 31.8 Å². The van der Waals surface area contributed by atoms with Gasteiger partial charge in [-0.2, -0.15) is 5.10 Å². The van der Waals surface area contributed by atoms with Crippen LogP contribution in [-0.4, -0.2) is 27.4 Å². The molecule has 0 radical (unpaired) electrons. The van der Waals surface area contributed by atoms with Gasteiger partial charge in [-0.3, -0.25) is 4.57 Å². The molecule has 0 bridgehead atoms. The van der Waals surface area contributed by atoms with Gasteiger partial charge in [-0.05, 0) is 47.8 Å². The predicted octanol–water partition coefficient (Wildman–Crippen LogP) is 3.76. The summed E-state index contributed by atoms with van der Waals surface area (Å²) in [6.45, 7) is 3.00. The molecule has 1 aliphatic rings. The van der Waals surface area contributed by atoms with Crippen molar-refractivity contribution >= 4 is 10.8 Å². The molecule has 152 valence electrons. The molecule has 30 heavy (non-hydrogen) atoms. The number of hydrogen-bond donors (Lipinski definition) is 1. The molecule has 1 N–H and O–H groups in total. The van der Waals surface area contributed by atoms with Gasteiger partial charge in [-0.25, -0.2) is 9.48 Å². The highest BCUT2D eigenvalue weighted by Crippen LogP contribution is 2.24. The lowest BCUT2D eigenvalue weighted by atomic mass is 9.97. The Labute approximate surface area is 176 Å². The average molecular weight is 399 g/mol. The van der Waals surface area contributed by atoms with E-state index < -0.39 is 0 Å². The highest BCUT2D eigenvalue weighted by atomic mass is 16.2. The number of hydrogen-bond acceptors (Lipinski definition) is 3. The van der Waals surface area contributed by atoms with Gasteiger partial charge in [-0.1, -0.05) is 72.8 Å². The minimum Gasteiger partial charge on any atom is -0.317 e. The van der Waals surface area contributed by atoms with E-state index in [4.69, 9.17) is 5.10 Å². The Bertz CT molecular complexity index is 1200. The van der Waals surface area contributed by atoms with E-state index in [1.165, 1.54) is 10.8 Å². The Morgan fingerprint density at radius 1 is 0.867 bits per heavy atom. The molecule has 3 aromatic carbocycles. The highest BCUT2D eigenvalue weighted by Gasteiger charge is 2.24. The number of piperidine rings is 1. The molecule has 0 amide bonds. The monoisotopic (exact) mass is 398 g/mol. The molecule has 4 aromatic rings. The van der Waals surface area contributed by atoms with Crippen LogP contribution in [0.5, 0.6) is 0 Å². The van der Waals surface area contributed by atoms with Crippen molar-refractivity contribution in [3.8, 4) is 0 Å². The van der Waals surface area contributed by atoms with Gasteiger partial charge in [0, 0.05) is 5.92 Å². The van der Waals surface area contributed by atoms with Crippen LogP contribution in [0.15, 0.2) is 77.6 Å². The fourth-order valence-corrected chi connectivity index (χ4v) is 4.45. The Balaban J connectivity index is 1.56. The third-order valence-corrected chi connectivity index (χ3v) is 6.04. The zero-order valence-electron chi connectivity index (χ0n) is 17.0. The van der Waals surface area contributed by atoms with Crippen molar-refractivity contribution in [2.24, 2.45) is 0 Å². The fraction of sp³-hybridized carbons (Fsp3) is 0.280. The number of aromatic nitrogens is 3. The van der Waals surface area contributed by atoms with Crippen LogP contribution in [0.2, 0.25) is 0 Å². The topological polar surface area (TPSA) is 51.9 Å². The zero-order chi connectivity index (χ0) is 20.3. The second-order valence-corrected chi connectivity index (χ2v) is 8.03. The summed E-state index contributed by atoms with van der Waals surface area (Å²) in [5.74, 6) is 1.24. The van der Waals surface area contributed by atoms with Crippen LogP contribution in [0, 0.1) is 0 Å². The van der Waals surface area contributed by atoms with Gasteiger partial charge in [0.25, 0.3) is 0 Å². The van der Waals surface area contributed by atoms with Gasteiger partial charge in [0.05, 0.1) is 13.1 Å². The molecule has 0 spiro atoms. The maximum absolute atomic E-state index is 13.4. The third-order valence-electron chi connectivity index (χ3n) is 6.04.